The van der Waals surface area contributed by atoms with Crippen molar-refractivity contribution in [3.05, 3.63) is 72.2 Å². The molecule has 0 atom stereocenters. The van der Waals surface area contributed by atoms with Gasteiger partial charge < -0.3 is 15.5 Å². The third-order valence-electron chi connectivity index (χ3n) is 5.17. The minimum absolute atomic E-state index is 0.130. The van der Waals surface area contributed by atoms with E-state index in [1.165, 1.54) is 5.56 Å². The van der Waals surface area contributed by atoms with Crippen LogP contribution in [0.5, 0.6) is 0 Å². The highest BCUT2D eigenvalue weighted by atomic mass is 16.3. The summed E-state index contributed by atoms with van der Waals surface area (Å²) in [6.07, 6.45) is 5.32. The highest BCUT2D eigenvalue weighted by Gasteiger charge is 2.36. The number of allylic oxidation sites excluding steroid dienone is 1. The lowest BCUT2D eigenvalue weighted by Crippen LogP contribution is -2.43. The monoisotopic (exact) mass is 371 g/mol. The second-order valence-corrected chi connectivity index (χ2v) is 6.92. The van der Waals surface area contributed by atoms with E-state index in [0.717, 1.165) is 31.8 Å². The molecule has 1 aromatic carbocycles. The number of amides is 1. The predicted octanol–water partition coefficient (Wildman–Crippen LogP) is 5.35. The Morgan fingerprint density at radius 3 is 2.26 bits per heavy atom. The van der Waals surface area contributed by atoms with E-state index in [0.29, 0.717) is 12.5 Å². The highest BCUT2D eigenvalue weighted by Crippen LogP contribution is 2.41. The Labute approximate surface area is 163 Å². The topological polar surface area (TPSA) is 69.6 Å². The summed E-state index contributed by atoms with van der Waals surface area (Å²) in [4.78, 5) is 12.5. The average molecular weight is 372 g/mol. The van der Waals surface area contributed by atoms with E-state index < -0.39 is 11.7 Å². The van der Waals surface area contributed by atoms with Crippen molar-refractivity contribution in [1.82, 2.24) is 5.32 Å². The van der Waals surface area contributed by atoms with Crippen molar-refractivity contribution in [1.29, 1.82) is 0 Å². The van der Waals surface area contributed by atoms with Gasteiger partial charge in [0.05, 0.1) is 0 Å². The maximum atomic E-state index is 12.5. The molecule has 0 bridgehead atoms. The Morgan fingerprint density at radius 1 is 1.22 bits per heavy atom. The smallest absolute Gasteiger partial charge is 0.258 e. The molecule has 3 N–H and O–H groups in total. The zero-order valence-electron chi connectivity index (χ0n) is 16.8. The Hall–Kier alpha value is -2.49. The number of aliphatic hydroxyl groups is 2. The molecule has 4 heteroatoms. The van der Waals surface area contributed by atoms with Crippen LogP contribution in [0, 0.1) is 5.92 Å². The van der Waals surface area contributed by atoms with Crippen molar-refractivity contribution in [3.63, 3.8) is 0 Å². The number of rotatable bonds is 6. The van der Waals surface area contributed by atoms with Gasteiger partial charge >= 0.3 is 0 Å². The molecule has 1 fully saturated rings. The van der Waals surface area contributed by atoms with Gasteiger partial charge in [-0.3, -0.25) is 4.79 Å². The molecule has 0 spiro atoms. The minimum Gasteiger partial charge on any atom is -0.508 e. The van der Waals surface area contributed by atoms with Crippen molar-refractivity contribution in [3.8, 4) is 0 Å². The molecule has 1 aliphatic carbocycles. The SMILES string of the molecule is C=C/C(O)=C(\C(=C)O)C(=O)NCC1(c2ccccc2)CCC(C)CC1.CC. The van der Waals surface area contributed by atoms with E-state index in [9.17, 15) is 15.0 Å². The molecule has 1 amide bonds. The lowest BCUT2D eigenvalue weighted by molar-refractivity contribution is -0.118. The van der Waals surface area contributed by atoms with Crippen LogP contribution in [0.1, 0.15) is 52.0 Å². The quantitative estimate of drug-likeness (QED) is 0.359. The van der Waals surface area contributed by atoms with Gasteiger partial charge in [-0.1, -0.05) is 64.3 Å². The van der Waals surface area contributed by atoms with Crippen LogP contribution < -0.4 is 5.32 Å². The lowest BCUT2D eigenvalue weighted by atomic mass is 9.67. The van der Waals surface area contributed by atoms with Gasteiger partial charge in [0.25, 0.3) is 5.91 Å². The first-order valence-corrected chi connectivity index (χ1v) is 9.67. The van der Waals surface area contributed by atoms with Crippen LogP contribution in [0.2, 0.25) is 0 Å². The molecule has 0 aliphatic heterocycles. The average Bonchev–Trinajstić information content (AvgIpc) is 2.69. The first-order chi connectivity index (χ1) is 12.9. The molecular formula is C23H33NO3. The van der Waals surface area contributed by atoms with Gasteiger partial charge in [-0.25, -0.2) is 0 Å². The van der Waals surface area contributed by atoms with Crippen LogP contribution in [0.15, 0.2) is 66.7 Å². The maximum Gasteiger partial charge on any atom is 0.258 e. The molecule has 1 aliphatic rings. The Kier molecular flexibility index (Phi) is 8.86. The number of carbonyl (C=O) groups excluding carboxylic acids is 1. The molecule has 27 heavy (non-hydrogen) atoms. The van der Waals surface area contributed by atoms with Crippen molar-refractivity contribution >= 4 is 5.91 Å². The van der Waals surface area contributed by atoms with E-state index in [4.69, 9.17) is 0 Å². The van der Waals surface area contributed by atoms with Crippen LogP contribution in [-0.4, -0.2) is 22.7 Å². The summed E-state index contributed by atoms with van der Waals surface area (Å²) in [6, 6.07) is 10.2. The largest absolute Gasteiger partial charge is 0.508 e. The molecule has 4 nitrogen and oxygen atoms in total. The maximum absolute atomic E-state index is 12.5. The standard InChI is InChI=1S/C21H27NO3.C2H6/c1-4-18(24)19(16(3)23)20(25)22-14-21(12-10-15(2)11-13-21)17-8-6-5-7-9-17;1-2/h4-9,15,23-24H,1,3,10-14H2,2H3,(H,22,25);1-2H3/b19-18-;. The highest BCUT2D eigenvalue weighted by molar-refractivity contribution is 5.97. The van der Waals surface area contributed by atoms with Gasteiger partial charge in [-0.05, 0) is 43.2 Å². The molecule has 148 valence electrons. The third-order valence-corrected chi connectivity index (χ3v) is 5.17. The number of aliphatic hydroxyl groups excluding tert-OH is 2. The molecule has 0 saturated heterocycles. The minimum atomic E-state index is -0.543. The van der Waals surface area contributed by atoms with Crippen molar-refractivity contribution in [2.24, 2.45) is 5.92 Å². The van der Waals surface area contributed by atoms with E-state index in [2.05, 4.69) is 37.5 Å². The van der Waals surface area contributed by atoms with Gasteiger partial charge in [-0.15, -0.1) is 0 Å². The normalized spacial score (nSPS) is 22.6. The van der Waals surface area contributed by atoms with E-state index in [-0.39, 0.29) is 16.7 Å². The second-order valence-electron chi connectivity index (χ2n) is 6.92. The molecule has 0 aromatic heterocycles. The van der Waals surface area contributed by atoms with Crippen LogP contribution in [0.25, 0.3) is 0 Å². The summed E-state index contributed by atoms with van der Waals surface area (Å²) >= 11 is 0. The Balaban J connectivity index is 0.00000176. The van der Waals surface area contributed by atoms with Crippen LogP contribution in [-0.2, 0) is 10.2 Å². The third kappa shape index (κ3) is 5.75. The van der Waals surface area contributed by atoms with Gasteiger partial charge in [0.15, 0.2) is 0 Å². The molecule has 1 aromatic rings. The van der Waals surface area contributed by atoms with Gasteiger partial charge in [0, 0.05) is 12.0 Å². The molecule has 0 unspecified atom stereocenters. The van der Waals surface area contributed by atoms with E-state index in [1.807, 2.05) is 32.0 Å². The number of hydrogen-bond acceptors (Lipinski definition) is 3. The lowest BCUT2D eigenvalue weighted by Gasteiger charge is -2.40. The first-order valence-electron chi connectivity index (χ1n) is 9.67. The van der Waals surface area contributed by atoms with Crippen molar-refractivity contribution in [2.75, 3.05) is 6.54 Å². The molecule has 1 saturated carbocycles. The summed E-state index contributed by atoms with van der Waals surface area (Å²) in [5.41, 5.74) is 0.848. The van der Waals surface area contributed by atoms with E-state index in [1.54, 1.807) is 0 Å². The summed E-state index contributed by atoms with van der Waals surface area (Å²) in [7, 11) is 0. The molecular weight excluding hydrogens is 338 g/mol. The van der Waals surface area contributed by atoms with E-state index >= 15 is 0 Å². The summed E-state index contributed by atoms with van der Waals surface area (Å²) in [6.45, 7) is 13.5. The zero-order chi connectivity index (χ0) is 20.4. The fraction of sp³-hybridized carbons (Fsp3) is 0.435. The van der Waals surface area contributed by atoms with Crippen molar-refractivity contribution < 1.29 is 15.0 Å². The molecule has 2 rings (SSSR count). The van der Waals surface area contributed by atoms with Crippen LogP contribution in [0.4, 0.5) is 0 Å². The van der Waals surface area contributed by atoms with Gasteiger partial charge in [0.1, 0.15) is 17.1 Å². The predicted molar refractivity (Wildman–Crippen MR) is 112 cm³/mol. The summed E-state index contributed by atoms with van der Waals surface area (Å²) in [5, 5.41) is 22.3. The van der Waals surface area contributed by atoms with Crippen LogP contribution >= 0.6 is 0 Å². The molecule has 0 heterocycles. The van der Waals surface area contributed by atoms with Crippen LogP contribution in [0.3, 0.4) is 0 Å². The fourth-order valence-electron chi connectivity index (χ4n) is 3.51. The molecule has 0 radical (unpaired) electrons. The Morgan fingerprint density at radius 2 is 1.78 bits per heavy atom. The zero-order valence-corrected chi connectivity index (χ0v) is 16.8. The number of nitrogens with one attached hydrogen (secondary N) is 1. The van der Waals surface area contributed by atoms with Gasteiger partial charge in [-0.2, -0.15) is 0 Å². The van der Waals surface area contributed by atoms with Gasteiger partial charge in [0.2, 0.25) is 0 Å². The number of benzene rings is 1. The number of carbonyl (C=O) groups is 1. The summed E-state index contributed by atoms with van der Waals surface area (Å²) in [5.74, 6) is -0.708. The fourth-order valence-corrected chi connectivity index (χ4v) is 3.51. The summed E-state index contributed by atoms with van der Waals surface area (Å²) < 4.78 is 0. The second kappa shape index (κ2) is 10.6. The Bertz CT molecular complexity index is 668. The number of hydrogen-bond donors (Lipinski definition) is 3. The first kappa shape index (κ1) is 22.6. The van der Waals surface area contributed by atoms with Crippen molar-refractivity contribution in [2.45, 2.75) is 51.9 Å².